The molecule has 2 aromatic rings. The van der Waals surface area contributed by atoms with Crippen molar-refractivity contribution in [2.75, 3.05) is 0 Å². The number of phenols is 1. The van der Waals surface area contributed by atoms with Gasteiger partial charge in [-0.15, -0.1) is 0 Å². The van der Waals surface area contributed by atoms with Crippen LogP contribution in [0.4, 0.5) is 5.69 Å². The summed E-state index contributed by atoms with van der Waals surface area (Å²) in [7, 11) is -3.90. The van der Waals surface area contributed by atoms with E-state index in [9.17, 15) is 23.6 Å². The molecule has 6 nitrogen and oxygen atoms in total. The van der Waals surface area contributed by atoms with Crippen molar-refractivity contribution >= 4 is 27.1 Å². The molecule has 0 aliphatic carbocycles. The lowest BCUT2D eigenvalue weighted by atomic mass is 10.3. The van der Waals surface area contributed by atoms with Crippen molar-refractivity contribution in [2.45, 2.75) is 9.79 Å². The Balaban J connectivity index is 2.58. The minimum absolute atomic E-state index is 0.0399. The van der Waals surface area contributed by atoms with Crippen molar-refractivity contribution < 1.29 is 18.4 Å². The zero-order valence-corrected chi connectivity index (χ0v) is 11.4. The van der Waals surface area contributed by atoms with Crippen LogP contribution in [0.25, 0.3) is 0 Å². The van der Waals surface area contributed by atoms with Crippen LogP contribution >= 0.6 is 11.6 Å². The van der Waals surface area contributed by atoms with E-state index in [1.165, 1.54) is 24.3 Å². The monoisotopic (exact) mass is 313 g/mol. The van der Waals surface area contributed by atoms with Crippen LogP contribution in [0.1, 0.15) is 0 Å². The average molecular weight is 314 g/mol. The molecule has 2 aromatic carbocycles. The van der Waals surface area contributed by atoms with Gasteiger partial charge in [0.05, 0.1) is 14.7 Å². The second kappa shape index (κ2) is 5.10. The topological polar surface area (TPSA) is 97.5 Å². The Morgan fingerprint density at radius 2 is 1.60 bits per heavy atom. The number of rotatable bonds is 3. The summed E-state index contributed by atoms with van der Waals surface area (Å²) in [4.78, 5) is 9.55. The van der Waals surface area contributed by atoms with Gasteiger partial charge in [0.15, 0.2) is 5.75 Å². The number of hydrogen-bond acceptors (Lipinski definition) is 5. The molecule has 20 heavy (non-hydrogen) atoms. The van der Waals surface area contributed by atoms with Gasteiger partial charge in [-0.1, -0.05) is 11.6 Å². The Morgan fingerprint density at radius 3 is 2.15 bits per heavy atom. The van der Waals surface area contributed by atoms with Gasteiger partial charge in [-0.25, -0.2) is 8.42 Å². The fourth-order valence-corrected chi connectivity index (χ4v) is 2.97. The Hall–Kier alpha value is -2.12. The number of benzene rings is 2. The number of nitro benzene ring substituents is 1. The van der Waals surface area contributed by atoms with E-state index in [-0.39, 0.29) is 9.79 Å². The van der Waals surface area contributed by atoms with Crippen LogP contribution in [0.5, 0.6) is 5.75 Å². The van der Waals surface area contributed by atoms with E-state index >= 15 is 0 Å². The third-order valence-electron chi connectivity index (χ3n) is 2.58. The maximum Gasteiger partial charge on any atom is 0.312 e. The van der Waals surface area contributed by atoms with E-state index < -0.39 is 26.2 Å². The van der Waals surface area contributed by atoms with E-state index in [0.717, 1.165) is 18.2 Å². The molecule has 104 valence electrons. The average Bonchev–Trinajstić information content (AvgIpc) is 2.39. The molecule has 2 rings (SSSR count). The summed E-state index contributed by atoms with van der Waals surface area (Å²) in [5.74, 6) is -0.593. The molecular weight excluding hydrogens is 306 g/mol. The predicted octanol–water partition coefficient (Wildman–Crippen LogP) is 2.79. The molecule has 0 saturated carbocycles. The number of sulfone groups is 1. The molecule has 0 heterocycles. The van der Waals surface area contributed by atoms with Crippen molar-refractivity contribution in [1.29, 1.82) is 0 Å². The van der Waals surface area contributed by atoms with Gasteiger partial charge in [-0.05, 0) is 36.4 Å². The largest absolute Gasteiger partial charge is 0.502 e. The van der Waals surface area contributed by atoms with E-state index in [1.54, 1.807) is 0 Å². The molecule has 0 atom stereocenters. The highest BCUT2D eigenvalue weighted by atomic mass is 35.5. The minimum atomic E-state index is -3.90. The number of halogens is 1. The zero-order chi connectivity index (χ0) is 14.9. The number of aromatic hydroxyl groups is 1. The van der Waals surface area contributed by atoms with Gasteiger partial charge in [-0.2, -0.15) is 0 Å². The molecule has 0 saturated heterocycles. The Labute approximate surface area is 119 Å². The standard InChI is InChI=1S/C12H8ClNO5S/c13-8-1-3-9(4-2-8)20(18,19)10-5-6-12(15)11(7-10)14(16)17/h1-7,15H. The molecule has 0 amide bonds. The summed E-state index contributed by atoms with van der Waals surface area (Å²) >= 11 is 5.68. The maximum absolute atomic E-state index is 12.3. The fourth-order valence-electron chi connectivity index (χ4n) is 1.57. The maximum atomic E-state index is 12.3. The van der Waals surface area contributed by atoms with Crippen LogP contribution in [-0.2, 0) is 9.84 Å². The lowest BCUT2D eigenvalue weighted by molar-refractivity contribution is -0.386. The third kappa shape index (κ3) is 2.59. The molecular formula is C12H8ClNO5S. The number of nitrogens with zero attached hydrogens (tertiary/aromatic N) is 1. The summed E-state index contributed by atoms with van der Waals surface area (Å²) in [5, 5.41) is 20.4. The summed E-state index contributed by atoms with van der Waals surface area (Å²) in [6.07, 6.45) is 0. The Kier molecular flexibility index (Phi) is 3.65. The molecule has 1 N–H and O–H groups in total. The first kappa shape index (κ1) is 14.3. The molecule has 0 spiro atoms. The van der Waals surface area contributed by atoms with Crippen LogP contribution in [0.3, 0.4) is 0 Å². The van der Waals surface area contributed by atoms with E-state index in [0.29, 0.717) is 5.02 Å². The van der Waals surface area contributed by atoms with Crippen LogP contribution in [0, 0.1) is 10.1 Å². The lowest BCUT2D eigenvalue weighted by Crippen LogP contribution is -2.02. The highest BCUT2D eigenvalue weighted by Crippen LogP contribution is 2.31. The highest BCUT2D eigenvalue weighted by Gasteiger charge is 2.22. The summed E-state index contributed by atoms with van der Waals surface area (Å²) in [6.45, 7) is 0. The van der Waals surface area contributed by atoms with Crippen LogP contribution in [0.15, 0.2) is 52.3 Å². The van der Waals surface area contributed by atoms with Crippen molar-refractivity contribution in [2.24, 2.45) is 0 Å². The number of nitro groups is 1. The Bertz CT molecular complexity index is 771. The van der Waals surface area contributed by atoms with Gasteiger partial charge >= 0.3 is 5.69 Å². The lowest BCUT2D eigenvalue weighted by Gasteiger charge is -2.05. The highest BCUT2D eigenvalue weighted by molar-refractivity contribution is 7.91. The van der Waals surface area contributed by atoms with E-state index in [1.807, 2.05) is 0 Å². The minimum Gasteiger partial charge on any atom is -0.502 e. The molecule has 0 unspecified atom stereocenters. The van der Waals surface area contributed by atoms with Gasteiger partial charge < -0.3 is 5.11 Å². The Morgan fingerprint density at radius 1 is 1.05 bits per heavy atom. The van der Waals surface area contributed by atoms with Gasteiger partial charge in [0.2, 0.25) is 9.84 Å². The molecule has 0 radical (unpaired) electrons. The van der Waals surface area contributed by atoms with Crippen molar-refractivity contribution in [3.05, 3.63) is 57.6 Å². The summed E-state index contributed by atoms with van der Waals surface area (Å²) in [6, 6.07) is 8.31. The fraction of sp³-hybridized carbons (Fsp3) is 0. The first-order valence-electron chi connectivity index (χ1n) is 5.30. The smallest absolute Gasteiger partial charge is 0.312 e. The number of hydrogen-bond donors (Lipinski definition) is 1. The zero-order valence-electron chi connectivity index (χ0n) is 9.86. The van der Waals surface area contributed by atoms with Crippen molar-refractivity contribution in [3.63, 3.8) is 0 Å². The summed E-state index contributed by atoms with van der Waals surface area (Å²) in [5.41, 5.74) is -0.667. The molecule has 0 aromatic heterocycles. The first-order valence-corrected chi connectivity index (χ1v) is 7.16. The van der Waals surface area contributed by atoms with Crippen molar-refractivity contribution in [3.8, 4) is 5.75 Å². The van der Waals surface area contributed by atoms with Crippen LogP contribution in [-0.4, -0.2) is 18.4 Å². The van der Waals surface area contributed by atoms with E-state index in [2.05, 4.69) is 0 Å². The van der Waals surface area contributed by atoms with Gasteiger partial charge in [0.1, 0.15) is 0 Å². The second-order valence-electron chi connectivity index (χ2n) is 3.86. The van der Waals surface area contributed by atoms with E-state index in [4.69, 9.17) is 11.6 Å². The van der Waals surface area contributed by atoms with Gasteiger partial charge in [-0.3, -0.25) is 10.1 Å². The molecule has 8 heteroatoms. The molecule has 0 aliphatic heterocycles. The first-order chi connectivity index (χ1) is 9.32. The SMILES string of the molecule is O=[N+]([O-])c1cc(S(=O)(=O)c2ccc(Cl)cc2)ccc1O. The molecule has 0 bridgehead atoms. The second-order valence-corrected chi connectivity index (χ2v) is 6.25. The number of phenolic OH excluding ortho intramolecular Hbond substituents is 1. The normalized spacial score (nSPS) is 11.2. The third-order valence-corrected chi connectivity index (χ3v) is 4.60. The van der Waals surface area contributed by atoms with Crippen LogP contribution < -0.4 is 0 Å². The quantitative estimate of drug-likeness (QED) is 0.694. The molecule has 0 aliphatic rings. The predicted molar refractivity (Wildman–Crippen MR) is 71.7 cm³/mol. The van der Waals surface area contributed by atoms with Crippen LogP contribution in [0.2, 0.25) is 5.02 Å². The summed E-state index contributed by atoms with van der Waals surface area (Å²) < 4.78 is 24.6. The molecule has 0 fully saturated rings. The van der Waals surface area contributed by atoms with Gasteiger partial charge in [0, 0.05) is 11.1 Å². The van der Waals surface area contributed by atoms with Crippen molar-refractivity contribution in [1.82, 2.24) is 0 Å². The van der Waals surface area contributed by atoms with Gasteiger partial charge in [0.25, 0.3) is 0 Å².